The Balaban J connectivity index is 3.50. The Bertz CT molecular complexity index is 583. The number of nitriles is 3. The van der Waals surface area contributed by atoms with Gasteiger partial charge in [0.2, 0.25) is 0 Å². The summed E-state index contributed by atoms with van der Waals surface area (Å²) in [5, 5.41) is 27.1. The minimum Gasteiger partial charge on any atom is -0.480 e. The van der Waals surface area contributed by atoms with Gasteiger partial charge in [-0.3, -0.25) is 0 Å². The Morgan fingerprint density at radius 1 is 1.21 bits per heavy atom. The topological polar surface area (TPSA) is 80.6 Å². The zero-order valence-corrected chi connectivity index (χ0v) is 11.5. The van der Waals surface area contributed by atoms with Crippen molar-refractivity contribution in [1.82, 2.24) is 0 Å². The molecule has 0 aromatic rings. The van der Waals surface area contributed by atoms with E-state index < -0.39 is 5.60 Å². The van der Waals surface area contributed by atoms with Crippen LogP contribution in [0.1, 0.15) is 27.7 Å². The van der Waals surface area contributed by atoms with Crippen LogP contribution < -0.4 is 0 Å². The number of hydrogen-bond acceptors (Lipinski definition) is 4. The average Bonchev–Trinajstić information content (AvgIpc) is 2.59. The summed E-state index contributed by atoms with van der Waals surface area (Å²) < 4.78 is 5.63. The van der Waals surface area contributed by atoms with Crippen molar-refractivity contribution in [1.29, 1.82) is 15.8 Å². The molecule has 1 aliphatic heterocycles. The largest absolute Gasteiger partial charge is 0.480 e. The van der Waals surface area contributed by atoms with Gasteiger partial charge in [0.25, 0.3) is 0 Å². The van der Waals surface area contributed by atoms with Gasteiger partial charge in [-0.25, -0.2) is 0 Å². The number of nitrogens with zero attached hydrogens (tertiary/aromatic N) is 3. The zero-order valence-electron chi connectivity index (χ0n) is 11.5. The Morgan fingerprint density at radius 2 is 1.79 bits per heavy atom. The summed E-state index contributed by atoms with van der Waals surface area (Å²) in [5.74, 6) is 0.420. The molecule has 0 aromatic heterocycles. The highest BCUT2D eigenvalue weighted by Gasteiger charge is 2.38. The van der Waals surface area contributed by atoms with Crippen molar-refractivity contribution in [3.63, 3.8) is 0 Å². The molecule has 0 saturated heterocycles. The Kier molecular flexibility index (Phi) is 4.15. The molecule has 0 N–H and O–H groups in total. The van der Waals surface area contributed by atoms with Crippen LogP contribution in [0.3, 0.4) is 0 Å². The lowest BCUT2D eigenvalue weighted by molar-refractivity contribution is 0.0953. The fourth-order valence-corrected chi connectivity index (χ4v) is 1.77. The molecule has 0 fully saturated rings. The molecule has 0 saturated carbocycles. The van der Waals surface area contributed by atoms with E-state index in [9.17, 15) is 5.26 Å². The van der Waals surface area contributed by atoms with Crippen LogP contribution in [-0.2, 0) is 4.74 Å². The van der Waals surface area contributed by atoms with Crippen molar-refractivity contribution >= 4 is 0 Å². The van der Waals surface area contributed by atoms with Gasteiger partial charge in [-0.05, 0) is 19.8 Å². The summed E-state index contributed by atoms with van der Waals surface area (Å²) in [4.78, 5) is 0. The molecule has 1 aliphatic rings. The summed E-state index contributed by atoms with van der Waals surface area (Å²) >= 11 is 0. The van der Waals surface area contributed by atoms with Gasteiger partial charge < -0.3 is 4.74 Å². The minimum absolute atomic E-state index is 0.0842. The molecule has 1 heterocycles. The molecule has 1 rings (SSSR count). The lowest BCUT2D eigenvalue weighted by atomic mass is 9.94. The average molecular weight is 253 g/mol. The lowest BCUT2D eigenvalue weighted by Gasteiger charge is -2.20. The second-order valence-electron chi connectivity index (χ2n) is 5.04. The number of hydrogen-bond donors (Lipinski definition) is 0. The van der Waals surface area contributed by atoms with Gasteiger partial charge in [0, 0.05) is 5.57 Å². The Labute approximate surface area is 113 Å². The van der Waals surface area contributed by atoms with E-state index in [4.69, 9.17) is 15.3 Å². The van der Waals surface area contributed by atoms with E-state index in [1.807, 2.05) is 45.9 Å². The molecule has 0 spiro atoms. The van der Waals surface area contributed by atoms with Gasteiger partial charge in [-0.15, -0.1) is 0 Å². The highest BCUT2D eigenvalue weighted by Crippen LogP contribution is 2.40. The maximum absolute atomic E-state index is 9.27. The Hall–Kier alpha value is -2.51. The predicted molar refractivity (Wildman–Crippen MR) is 70.0 cm³/mol. The first-order valence-electron chi connectivity index (χ1n) is 5.94. The van der Waals surface area contributed by atoms with Crippen molar-refractivity contribution in [3.8, 4) is 18.2 Å². The van der Waals surface area contributed by atoms with Gasteiger partial charge in [0.15, 0.2) is 11.3 Å². The molecule has 0 aliphatic carbocycles. The van der Waals surface area contributed by atoms with Crippen LogP contribution in [0, 0.1) is 39.9 Å². The second kappa shape index (κ2) is 5.42. The van der Waals surface area contributed by atoms with E-state index in [0.29, 0.717) is 11.5 Å². The predicted octanol–water partition coefficient (Wildman–Crippen LogP) is 3.13. The van der Waals surface area contributed by atoms with Crippen LogP contribution in [0.4, 0.5) is 0 Å². The van der Waals surface area contributed by atoms with Crippen LogP contribution >= 0.6 is 0 Å². The summed E-state index contributed by atoms with van der Waals surface area (Å²) in [5.41, 5.74) is 0.0735. The number of rotatable bonds is 2. The maximum atomic E-state index is 9.27. The minimum atomic E-state index is -0.718. The van der Waals surface area contributed by atoms with Gasteiger partial charge in [-0.1, -0.05) is 26.0 Å². The van der Waals surface area contributed by atoms with Crippen LogP contribution in [0.15, 0.2) is 34.6 Å². The van der Waals surface area contributed by atoms with Crippen LogP contribution in [0.5, 0.6) is 0 Å². The molecule has 0 aromatic carbocycles. The lowest BCUT2D eigenvalue weighted by Crippen LogP contribution is -2.20. The smallest absolute Gasteiger partial charge is 0.172 e. The molecule has 0 unspecified atom stereocenters. The number of allylic oxidation sites excluding steroid dienone is 3. The van der Waals surface area contributed by atoms with Crippen LogP contribution in [0.25, 0.3) is 0 Å². The Morgan fingerprint density at radius 3 is 2.21 bits per heavy atom. The fourth-order valence-electron chi connectivity index (χ4n) is 1.77. The van der Waals surface area contributed by atoms with E-state index in [1.165, 1.54) is 0 Å². The fraction of sp³-hybridized carbons (Fsp3) is 0.400. The van der Waals surface area contributed by atoms with Crippen molar-refractivity contribution in [3.05, 3.63) is 34.6 Å². The van der Waals surface area contributed by atoms with Crippen molar-refractivity contribution in [2.75, 3.05) is 0 Å². The van der Waals surface area contributed by atoms with E-state index in [-0.39, 0.29) is 16.9 Å². The second-order valence-corrected chi connectivity index (χ2v) is 5.04. The van der Waals surface area contributed by atoms with E-state index in [2.05, 4.69) is 0 Å². The molecule has 0 atom stereocenters. The van der Waals surface area contributed by atoms with Crippen molar-refractivity contribution < 1.29 is 4.74 Å². The summed E-state index contributed by atoms with van der Waals surface area (Å²) in [6.07, 6.45) is 3.79. The zero-order chi connectivity index (χ0) is 14.6. The normalized spacial score (nSPS) is 17.1. The SMILES string of the molecule is CC(C)/C=C/C1=C(C#N)C(=C(C#N)C#N)OC1(C)C. The maximum Gasteiger partial charge on any atom is 0.172 e. The molecular formula is C15H15N3O. The van der Waals surface area contributed by atoms with Crippen molar-refractivity contribution in [2.24, 2.45) is 5.92 Å². The molecular weight excluding hydrogens is 238 g/mol. The van der Waals surface area contributed by atoms with Gasteiger partial charge >= 0.3 is 0 Å². The third kappa shape index (κ3) is 2.84. The first kappa shape index (κ1) is 14.6. The summed E-state index contributed by atoms with van der Waals surface area (Å²) in [6, 6.07) is 5.57. The van der Waals surface area contributed by atoms with E-state index >= 15 is 0 Å². The first-order chi connectivity index (χ1) is 8.87. The first-order valence-corrected chi connectivity index (χ1v) is 5.94. The molecule has 0 radical (unpaired) electrons. The quantitative estimate of drug-likeness (QED) is 0.708. The van der Waals surface area contributed by atoms with E-state index in [0.717, 1.165) is 0 Å². The molecule has 0 bridgehead atoms. The molecule has 4 nitrogen and oxygen atoms in total. The van der Waals surface area contributed by atoms with E-state index in [1.54, 1.807) is 12.1 Å². The third-order valence-electron chi connectivity index (χ3n) is 2.71. The third-order valence-corrected chi connectivity index (χ3v) is 2.71. The molecule has 0 amide bonds. The highest BCUT2D eigenvalue weighted by molar-refractivity contribution is 5.60. The molecule has 96 valence electrons. The standard InChI is InChI=1S/C15H15N3O/c1-10(2)5-6-13-12(9-18)14(11(7-16)8-17)19-15(13,3)4/h5-6,10H,1-4H3/b6-5+. The van der Waals surface area contributed by atoms with Crippen LogP contribution in [-0.4, -0.2) is 5.60 Å². The highest BCUT2D eigenvalue weighted by atomic mass is 16.5. The van der Waals surface area contributed by atoms with Gasteiger partial charge in [0.05, 0.1) is 0 Å². The van der Waals surface area contributed by atoms with Crippen molar-refractivity contribution in [2.45, 2.75) is 33.3 Å². The van der Waals surface area contributed by atoms with Gasteiger partial charge in [0.1, 0.15) is 29.4 Å². The van der Waals surface area contributed by atoms with Crippen LogP contribution in [0.2, 0.25) is 0 Å². The summed E-state index contributed by atoms with van der Waals surface area (Å²) in [6.45, 7) is 7.67. The molecule has 4 heteroatoms. The molecule has 19 heavy (non-hydrogen) atoms. The number of ether oxygens (including phenoxy) is 1. The summed E-state index contributed by atoms with van der Waals surface area (Å²) in [7, 11) is 0. The monoisotopic (exact) mass is 253 g/mol. The van der Waals surface area contributed by atoms with Gasteiger partial charge in [-0.2, -0.15) is 15.8 Å².